The normalized spacial score (nSPS) is 22.6. The fourth-order valence-corrected chi connectivity index (χ4v) is 7.35. The Morgan fingerprint density at radius 3 is 2.62 bits per heavy atom. The Bertz CT molecular complexity index is 1850. The first-order valence-electron chi connectivity index (χ1n) is 13.5. The van der Waals surface area contributed by atoms with E-state index in [1.165, 1.54) is 6.07 Å². The molecule has 0 radical (unpaired) electrons. The number of aromatic nitrogens is 3. The van der Waals surface area contributed by atoms with Crippen molar-refractivity contribution in [2.45, 2.75) is 24.5 Å². The van der Waals surface area contributed by atoms with Crippen molar-refractivity contribution in [2.24, 2.45) is 5.92 Å². The first-order valence-corrected chi connectivity index (χ1v) is 14.3. The molecule has 1 aliphatic carbocycles. The molecule has 0 spiro atoms. The van der Waals surface area contributed by atoms with Crippen molar-refractivity contribution in [3.63, 3.8) is 0 Å². The van der Waals surface area contributed by atoms with Gasteiger partial charge >= 0.3 is 0 Å². The van der Waals surface area contributed by atoms with Crippen LogP contribution >= 0.6 is 23.2 Å². The lowest BCUT2D eigenvalue weighted by Crippen LogP contribution is -2.57. The van der Waals surface area contributed by atoms with Gasteiger partial charge in [0, 0.05) is 47.7 Å². The van der Waals surface area contributed by atoms with Gasteiger partial charge < -0.3 is 24.8 Å². The zero-order chi connectivity index (χ0) is 27.4. The number of hydrogen-bond donors (Lipinski definition) is 2. The number of nitrogens with zero attached hydrogens (tertiary/aromatic N) is 5. The molecule has 3 atom stereocenters. The largest absolute Gasteiger partial charge is 0.508 e. The van der Waals surface area contributed by atoms with E-state index in [1.807, 2.05) is 6.33 Å². The lowest BCUT2D eigenvalue weighted by atomic mass is 9.80. The molecular formula is C30H27Cl2FN6O. The summed E-state index contributed by atoms with van der Waals surface area (Å²) >= 11 is 13.2. The van der Waals surface area contributed by atoms with Gasteiger partial charge in [0.25, 0.3) is 0 Å². The van der Waals surface area contributed by atoms with Crippen molar-refractivity contribution in [1.82, 2.24) is 24.8 Å². The number of fused-ring (bicyclic) bond motifs is 5. The molecule has 0 amide bonds. The van der Waals surface area contributed by atoms with E-state index < -0.39 is 5.82 Å². The third-order valence-electron chi connectivity index (χ3n) is 9.15. The van der Waals surface area contributed by atoms with E-state index in [4.69, 9.17) is 33.2 Å². The van der Waals surface area contributed by atoms with Crippen molar-refractivity contribution >= 4 is 61.7 Å². The standard InChI is InChI=1S/C30H27Cl2FN6O/c1-37(2)17-11-38(12-17)30-27-29(39(13-35-27)28-15-6-23(28)34-10-15)21-9-22(32)24(25(33)26(21)36-30)20-8-18(40)5-14-3-4-16(31)7-19(14)20/h3-5,7-9,13,15,17,23,28,34,40H,6,10-12H2,1-2H3/t15-,23-,28+/m1/s1. The van der Waals surface area contributed by atoms with Gasteiger partial charge in [-0.2, -0.15) is 0 Å². The van der Waals surface area contributed by atoms with Crippen molar-refractivity contribution in [1.29, 1.82) is 0 Å². The summed E-state index contributed by atoms with van der Waals surface area (Å²) in [5, 5.41) is 16.9. The number of aromatic hydroxyl groups is 1. The topological polar surface area (TPSA) is 69.5 Å². The molecule has 0 unspecified atom stereocenters. The first-order chi connectivity index (χ1) is 19.3. The Labute approximate surface area is 240 Å². The van der Waals surface area contributed by atoms with Crippen LogP contribution < -0.4 is 10.2 Å². The third kappa shape index (κ3) is 3.43. The van der Waals surface area contributed by atoms with Crippen LogP contribution in [0.15, 0.2) is 42.7 Å². The minimum atomic E-state index is -0.523. The molecule has 5 aromatic rings. The highest BCUT2D eigenvalue weighted by atomic mass is 35.5. The maximum Gasteiger partial charge on any atom is 0.158 e. The first kappa shape index (κ1) is 24.6. The van der Waals surface area contributed by atoms with Crippen LogP contribution in [0.1, 0.15) is 12.5 Å². The van der Waals surface area contributed by atoms with E-state index in [0.29, 0.717) is 45.2 Å². The number of pyridine rings is 1. The second-order valence-electron chi connectivity index (χ2n) is 11.6. The van der Waals surface area contributed by atoms with Gasteiger partial charge in [0.15, 0.2) is 11.6 Å². The fraction of sp³-hybridized carbons (Fsp3) is 0.333. The zero-order valence-electron chi connectivity index (χ0n) is 22.0. The molecule has 2 N–H and O–H groups in total. The number of nitrogens with one attached hydrogen (secondary N) is 1. The molecule has 204 valence electrons. The van der Waals surface area contributed by atoms with E-state index in [1.54, 1.807) is 30.3 Å². The van der Waals surface area contributed by atoms with Gasteiger partial charge in [-0.3, -0.25) is 0 Å². The Morgan fingerprint density at radius 2 is 1.90 bits per heavy atom. The Balaban J connectivity index is 1.40. The molecule has 40 heavy (non-hydrogen) atoms. The molecule has 3 aliphatic heterocycles. The molecule has 2 bridgehead atoms. The molecular weight excluding hydrogens is 550 g/mol. The summed E-state index contributed by atoms with van der Waals surface area (Å²) < 4.78 is 19.1. The van der Waals surface area contributed by atoms with Crippen LogP contribution in [0.3, 0.4) is 0 Å². The highest BCUT2D eigenvalue weighted by molar-refractivity contribution is 6.35. The van der Waals surface area contributed by atoms with E-state index in [0.717, 1.165) is 42.5 Å². The van der Waals surface area contributed by atoms with Crippen molar-refractivity contribution in [3.8, 4) is 16.9 Å². The van der Waals surface area contributed by atoms with Gasteiger partial charge in [0.05, 0.1) is 22.9 Å². The summed E-state index contributed by atoms with van der Waals surface area (Å²) in [7, 11) is 4.14. The summed E-state index contributed by atoms with van der Waals surface area (Å²) in [6, 6.07) is 11.3. The number of rotatable bonds is 4. The van der Waals surface area contributed by atoms with Crippen molar-refractivity contribution in [2.75, 3.05) is 38.6 Å². The van der Waals surface area contributed by atoms with E-state index in [-0.39, 0.29) is 27.9 Å². The Hall–Kier alpha value is -3.17. The molecule has 10 heteroatoms. The van der Waals surface area contributed by atoms with Crippen LogP contribution in [0.2, 0.25) is 10.0 Å². The third-order valence-corrected chi connectivity index (χ3v) is 9.68. The number of imidazole rings is 1. The number of phenolic OH excluding ortho intramolecular Hbond substituents is 1. The minimum absolute atomic E-state index is 0.0193. The number of anilines is 1. The second kappa shape index (κ2) is 8.66. The van der Waals surface area contributed by atoms with Gasteiger partial charge in [-0.15, -0.1) is 0 Å². The molecule has 4 aliphatic rings. The van der Waals surface area contributed by atoms with Gasteiger partial charge in [0.2, 0.25) is 0 Å². The maximum atomic E-state index is 16.8. The minimum Gasteiger partial charge on any atom is -0.508 e. The summed E-state index contributed by atoms with van der Waals surface area (Å²) in [4.78, 5) is 14.1. The van der Waals surface area contributed by atoms with Gasteiger partial charge in [-0.1, -0.05) is 29.3 Å². The molecule has 3 saturated heterocycles. The molecule has 9 rings (SSSR count). The summed E-state index contributed by atoms with van der Waals surface area (Å²) in [5.74, 6) is 0.713. The molecule has 1 saturated carbocycles. The van der Waals surface area contributed by atoms with Gasteiger partial charge in [-0.05, 0) is 73.1 Å². The Morgan fingerprint density at radius 1 is 1.07 bits per heavy atom. The van der Waals surface area contributed by atoms with Crippen LogP contribution in [0.25, 0.3) is 43.8 Å². The van der Waals surface area contributed by atoms with Crippen LogP contribution in [0, 0.1) is 11.7 Å². The predicted molar refractivity (Wildman–Crippen MR) is 158 cm³/mol. The molecule has 3 aromatic carbocycles. The fourth-order valence-electron chi connectivity index (χ4n) is 6.89. The highest BCUT2D eigenvalue weighted by Crippen LogP contribution is 2.48. The summed E-state index contributed by atoms with van der Waals surface area (Å²) in [5.41, 5.74) is 2.55. The monoisotopic (exact) mass is 576 g/mol. The number of hydrogen-bond acceptors (Lipinski definition) is 6. The van der Waals surface area contributed by atoms with Crippen LogP contribution in [0.5, 0.6) is 5.75 Å². The number of halogens is 3. The zero-order valence-corrected chi connectivity index (χ0v) is 23.5. The molecule has 5 heterocycles. The molecule has 2 aromatic heterocycles. The number of phenols is 1. The smallest absolute Gasteiger partial charge is 0.158 e. The molecule has 4 fully saturated rings. The molecule has 7 nitrogen and oxygen atoms in total. The average Bonchev–Trinajstić information content (AvgIpc) is 3.61. The van der Waals surface area contributed by atoms with E-state index >= 15 is 4.39 Å². The lowest BCUT2D eigenvalue weighted by molar-refractivity contribution is 0.225. The quantitative estimate of drug-likeness (QED) is 0.280. The van der Waals surface area contributed by atoms with E-state index in [2.05, 4.69) is 33.8 Å². The average molecular weight is 577 g/mol. The lowest BCUT2D eigenvalue weighted by Gasteiger charge is -2.43. The van der Waals surface area contributed by atoms with Crippen LogP contribution in [-0.4, -0.2) is 70.4 Å². The van der Waals surface area contributed by atoms with Gasteiger partial charge in [0.1, 0.15) is 16.8 Å². The predicted octanol–water partition coefficient (Wildman–Crippen LogP) is 5.84. The highest BCUT2D eigenvalue weighted by Gasteiger charge is 2.48. The van der Waals surface area contributed by atoms with Crippen molar-refractivity contribution < 1.29 is 9.50 Å². The number of benzene rings is 3. The Kier molecular flexibility index (Phi) is 5.33. The van der Waals surface area contributed by atoms with E-state index in [9.17, 15) is 5.11 Å². The SMILES string of the molecule is CN(C)C1CN(c2nc3c(F)c(-c4cc(O)cc5ccc(Cl)cc45)c(Cl)cc3c3c2ncn3[C@H]2[C@H]3CN[C@@H]2C3)C1. The van der Waals surface area contributed by atoms with Crippen LogP contribution in [0.4, 0.5) is 10.2 Å². The number of likely N-dealkylation sites (N-methyl/N-ethyl adjacent to an activating group) is 1. The van der Waals surface area contributed by atoms with Crippen molar-refractivity contribution in [3.05, 3.63) is 58.6 Å². The van der Waals surface area contributed by atoms with Gasteiger partial charge in [-0.25, -0.2) is 14.4 Å². The summed E-state index contributed by atoms with van der Waals surface area (Å²) in [6.45, 7) is 2.57. The summed E-state index contributed by atoms with van der Waals surface area (Å²) in [6.07, 6.45) is 3.03. The van der Waals surface area contributed by atoms with Crippen LogP contribution in [-0.2, 0) is 0 Å². The maximum absolute atomic E-state index is 16.8. The second-order valence-corrected chi connectivity index (χ2v) is 12.5.